The van der Waals surface area contributed by atoms with Crippen molar-refractivity contribution in [1.82, 2.24) is 15.2 Å². The quantitative estimate of drug-likeness (QED) is 0.290. The number of nitrogens with two attached hydrogens (primary N) is 1. The minimum Gasteiger partial charge on any atom is -0.480 e. The molecular formula is C30H35N5O5. The number of carboxylic acid groups (broad SMARTS) is 1. The van der Waals surface area contributed by atoms with E-state index in [1.54, 1.807) is 6.20 Å². The Morgan fingerprint density at radius 3 is 2.48 bits per heavy atom. The molecule has 210 valence electrons. The smallest absolute Gasteiger partial charge is 0.328 e. The molecule has 0 saturated carbocycles. The predicted molar refractivity (Wildman–Crippen MR) is 151 cm³/mol. The maximum Gasteiger partial charge on any atom is 0.328 e. The molecular weight excluding hydrogens is 510 g/mol. The highest BCUT2D eigenvalue weighted by Gasteiger charge is 2.29. The molecule has 2 heterocycles. The molecule has 3 aromatic rings. The SMILES string of the molecule is CC(C)[C@H](CCC(=O)N[C@@H](COCc1ccccc1)C(=O)O)N1Cc2cc(Oc3ccccc3)ncc2N=C1N. The van der Waals surface area contributed by atoms with E-state index in [4.69, 9.17) is 15.2 Å². The second-order valence-electron chi connectivity index (χ2n) is 9.97. The summed E-state index contributed by atoms with van der Waals surface area (Å²) in [5.41, 5.74) is 8.86. The molecule has 10 nitrogen and oxygen atoms in total. The van der Waals surface area contributed by atoms with Crippen LogP contribution in [-0.4, -0.2) is 51.5 Å². The number of amides is 1. The van der Waals surface area contributed by atoms with Crippen LogP contribution >= 0.6 is 0 Å². The third-order valence-corrected chi connectivity index (χ3v) is 6.64. The van der Waals surface area contributed by atoms with Gasteiger partial charge < -0.3 is 30.5 Å². The Bertz CT molecular complexity index is 1320. The number of carboxylic acids is 1. The topological polar surface area (TPSA) is 139 Å². The molecule has 1 aromatic heterocycles. The lowest BCUT2D eigenvalue weighted by Gasteiger charge is -2.37. The van der Waals surface area contributed by atoms with Crippen molar-refractivity contribution in [3.63, 3.8) is 0 Å². The number of aliphatic imine (C=N–C) groups is 1. The van der Waals surface area contributed by atoms with Crippen molar-refractivity contribution in [1.29, 1.82) is 0 Å². The number of benzene rings is 2. The molecule has 1 aliphatic heterocycles. The fraction of sp³-hybridized carbons (Fsp3) is 0.333. The molecule has 0 unspecified atom stereocenters. The monoisotopic (exact) mass is 545 g/mol. The highest BCUT2D eigenvalue weighted by Crippen LogP contribution is 2.32. The molecule has 0 bridgehead atoms. The zero-order valence-electron chi connectivity index (χ0n) is 22.7. The molecule has 2 aromatic carbocycles. The minimum atomic E-state index is -1.15. The summed E-state index contributed by atoms with van der Waals surface area (Å²) in [5.74, 6) is 0.124. The van der Waals surface area contributed by atoms with E-state index in [-0.39, 0.29) is 37.5 Å². The highest BCUT2D eigenvalue weighted by atomic mass is 16.5. The number of hydrogen-bond acceptors (Lipinski definition) is 8. The van der Waals surface area contributed by atoms with E-state index in [2.05, 4.69) is 29.1 Å². The first-order valence-electron chi connectivity index (χ1n) is 13.3. The number of carbonyl (C=O) groups excluding carboxylic acids is 1. The van der Waals surface area contributed by atoms with Gasteiger partial charge in [-0.05, 0) is 30.0 Å². The van der Waals surface area contributed by atoms with Crippen LogP contribution in [0, 0.1) is 5.92 Å². The van der Waals surface area contributed by atoms with E-state index in [9.17, 15) is 14.7 Å². The van der Waals surface area contributed by atoms with E-state index in [0.29, 0.717) is 36.2 Å². The third kappa shape index (κ3) is 7.79. The zero-order valence-corrected chi connectivity index (χ0v) is 22.7. The van der Waals surface area contributed by atoms with Crippen molar-refractivity contribution in [3.05, 3.63) is 84.1 Å². The molecule has 1 aliphatic rings. The molecule has 0 radical (unpaired) electrons. The zero-order chi connectivity index (χ0) is 28.5. The van der Waals surface area contributed by atoms with Crippen molar-refractivity contribution in [2.24, 2.45) is 16.6 Å². The summed E-state index contributed by atoms with van der Waals surface area (Å²) >= 11 is 0. The Balaban J connectivity index is 1.35. The molecule has 4 rings (SSSR count). The molecule has 40 heavy (non-hydrogen) atoms. The molecule has 0 fully saturated rings. The number of aliphatic carboxylic acids is 1. The van der Waals surface area contributed by atoms with Crippen molar-refractivity contribution < 1.29 is 24.2 Å². The Kier molecular flexibility index (Phi) is 9.69. The largest absolute Gasteiger partial charge is 0.480 e. The van der Waals surface area contributed by atoms with Gasteiger partial charge in [-0.1, -0.05) is 62.4 Å². The van der Waals surface area contributed by atoms with Crippen molar-refractivity contribution >= 4 is 23.5 Å². The molecule has 0 spiro atoms. The molecule has 1 amide bonds. The lowest BCUT2D eigenvalue weighted by molar-refractivity contribution is -0.143. The third-order valence-electron chi connectivity index (χ3n) is 6.64. The van der Waals surface area contributed by atoms with Crippen molar-refractivity contribution in [3.8, 4) is 11.6 Å². The van der Waals surface area contributed by atoms with Crippen molar-refractivity contribution in [2.45, 2.75) is 51.9 Å². The van der Waals surface area contributed by atoms with Crippen LogP contribution in [0.1, 0.15) is 37.8 Å². The number of guanidine groups is 1. The van der Waals surface area contributed by atoms with Crippen LogP contribution in [0.2, 0.25) is 0 Å². The summed E-state index contributed by atoms with van der Waals surface area (Å²) in [4.78, 5) is 35.4. The fourth-order valence-corrected chi connectivity index (χ4v) is 4.54. The minimum absolute atomic E-state index is 0.105. The van der Waals surface area contributed by atoms with E-state index in [1.807, 2.05) is 71.6 Å². The van der Waals surface area contributed by atoms with Crippen LogP contribution in [0.5, 0.6) is 11.6 Å². The molecule has 10 heteroatoms. The predicted octanol–water partition coefficient (Wildman–Crippen LogP) is 4.23. The first-order chi connectivity index (χ1) is 19.3. The van der Waals surface area contributed by atoms with E-state index >= 15 is 0 Å². The Morgan fingerprint density at radius 1 is 1.10 bits per heavy atom. The van der Waals surface area contributed by atoms with Gasteiger partial charge in [0.25, 0.3) is 0 Å². The van der Waals surface area contributed by atoms with Crippen LogP contribution in [0.4, 0.5) is 5.69 Å². The summed E-state index contributed by atoms with van der Waals surface area (Å²) < 4.78 is 11.4. The first kappa shape index (κ1) is 28.6. The molecule has 0 aliphatic carbocycles. The summed E-state index contributed by atoms with van der Waals surface area (Å²) in [6.07, 6.45) is 2.23. The number of hydrogen-bond donors (Lipinski definition) is 3. The highest BCUT2D eigenvalue weighted by molar-refractivity contribution is 5.85. The number of para-hydroxylation sites is 1. The number of carbonyl (C=O) groups is 2. The summed E-state index contributed by atoms with van der Waals surface area (Å²) in [5, 5.41) is 12.2. The van der Waals surface area contributed by atoms with Gasteiger partial charge in [0.05, 0.1) is 25.1 Å². The fourth-order valence-electron chi connectivity index (χ4n) is 4.54. The van der Waals surface area contributed by atoms with Gasteiger partial charge in [-0.2, -0.15) is 0 Å². The number of nitrogens with one attached hydrogen (secondary N) is 1. The summed E-state index contributed by atoms with van der Waals surface area (Å²) in [6, 6.07) is 19.4. The first-order valence-corrected chi connectivity index (χ1v) is 13.3. The molecule has 4 N–H and O–H groups in total. The van der Waals surface area contributed by atoms with Gasteiger partial charge in [0.2, 0.25) is 11.8 Å². The maximum absolute atomic E-state index is 12.8. The van der Waals surface area contributed by atoms with Gasteiger partial charge in [0, 0.05) is 30.6 Å². The number of fused-ring (bicyclic) bond motifs is 1. The van der Waals surface area contributed by atoms with Crippen LogP contribution in [0.25, 0.3) is 0 Å². The molecule has 2 atom stereocenters. The van der Waals surface area contributed by atoms with Gasteiger partial charge in [-0.3, -0.25) is 4.79 Å². The average Bonchev–Trinajstić information content (AvgIpc) is 2.94. The lowest BCUT2D eigenvalue weighted by Crippen LogP contribution is -2.49. The second-order valence-corrected chi connectivity index (χ2v) is 9.97. The maximum atomic E-state index is 12.8. The van der Waals surface area contributed by atoms with Gasteiger partial charge in [0.15, 0.2) is 12.0 Å². The standard InChI is InChI=1S/C30H35N5O5/c1-20(2)26(13-14-27(36)33-25(29(37)38)19-39-18-21-9-5-3-6-10-21)35-17-22-15-28(32-16-24(22)34-30(35)31)40-23-11-7-4-8-12-23/h3-12,15-16,20,25-26H,13-14,17-19H2,1-2H3,(H2,31,34)(H,33,36)(H,37,38)/t25-,26-/m0/s1. The van der Waals surface area contributed by atoms with Gasteiger partial charge >= 0.3 is 5.97 Å². The summed E-state index contributed by atoms with van der Waals surface area (Å²) in [7, 11) is 0. The van der Waals surface area contributed by atoms with Crippen molar-refractivity contribution in [2.75, 3.05) is 6.61 Å². The van der Waals surface area contributed by atoms with E-state index < -0.39 is 12.0 Å². The van der Waals surface area contributed by atoms with Crippen LogP contribution in [-0.2, 0) is 27.5 Å². The summed E-state index contributed by atoms with van der Waals surface area (Å²) in [6.45, 7) is 4.72. The number of pyridine rings is 1. The van der Waals surface area contributed by atoms with Gasteiger partial charge in [0.1, 0.15) is 5.75 Å². The Hall–Kier alpha value is -4.44. The van der Waals surface area contributed by atoms with E-state index in [0.717, 1.165) is 11.1 Å². The van der Waals surface area contributed by atoms with E-state index in [1.165, 1.54) is 0 Å². The second kappa shape index (κ2) is 13.6. The Labute approximate surface area is 233 Å². The normalized spacial score (nSPS) is 14.2. The number of rotatable bonds is 13. The average molecular weight is 546 g/mol. The Morgan fingerprint density at radius 2 is 1.80 bits per heavy atom. The molecule has 0 saturated heterocycles. The number of aromatic nitrogens is 1. The lowest BCUT2D eigenvalue weighted by atomic mass is 9.96. The van der Waals surface area contributed by atoms with Crippen LogP contribution < -0.4 is 15.8 Å². The van der Waals surface area contributed by atoms with Crippen LogP contribution in [0.3, 0.4) is 0 Å². The number of nitrogens with zero attached hydrogens (tertiary/aromatic N) is 3. The number of ether oxygens (including phenoxy) is 2. The van der Waals surface area contributed by atoms with Gasteiger partial charge in [-0.25, -0.2) is 14.8 Å². The van der Waals surface area contributed by atoms with Gasteiger partial charge in [-0.15, -0.1) is 0 Å². The van der Waals surface area contributed by atoms with Crippen LogP contribution in [0.15, 0.2) is 77.9 Å².